The van der Waals surface area contributed by atoms with Crippen LogP contribution in [0.4, 0.5) is 0 Å². The lowest BCUT2D eigenvalue weighted by Gasteiger charge is -2.59. The maximum atomic E-state index is 13.9. The predicted molar refractivity (Wildman–Crippen MR) is 144 cm³/mol. The standard InChI is InChI=1S/C31H33NO3S/c1-20(22-9-6-8-12-26(22)34-3)17-32-18-27-30(28-14-13-21(2)36-28)16-15-25(23-10-5-7-11-24(23)30)31(27,19-32)29(33)35-4/h5-14,17,25,27H,15-16,18-19H2,1-4H3. The summed E-state index contributed by atoms with van der Waals surface area (Å²) in [6.45, 7) is 5.80. The van der Waals surface area contributed by atoms with Crippen LogP contribution in [0.5, 0.6) is 5.75 Å². The van der Waals surface area contributed by atoms with Gasteiger partial charge in [-0.25, -0.2) is 0 Å². The van der Waals surface area contributed by atoms with Gasteiger partial charge in [-0.2, -0.15) is 0 Å². The molecule has 1 aromatic heterocycles. The van der Waals surface area contributed by atoms with Crippen molar-refractivity contribution in [2.24, 2.45) is 11.3 Å². The number of aryl methyl sites for hydroxylation is 1. The average Bonchev–Trinajstić information content (AvgIpc) is 3.53. The molecule has 2 aromatic carbocycles. The molecule has 0 spiro atoms. The Hall–Kier alpha value is -3.05. The fraction of sp³-hybridized carbons (Fsp3) is 0.387. The number of para-hydroxylation sites is 1. The van der Waals surface area contributed by atoms with E-state index in [2.05, 4.69) is 67.4 Å². The van der Waals surface area contributed by atoms with E-state index in [-0.39, 0.29) is 23.2 Å². The molecule has 0 radical (unpaired) electrons. The van der Waals surface area contributed by atoms with Crippen LogP contribution in [0.3, 0.4) is 0 Å². The van der Waals surface area contributed by atoms with Gasteiger partial charge in [0.1, 0.15) is 5.75 Å². The molecule has 36 heavy (non-hydrogen) atoms. The van der Waals surface area contributed by atoms with Crippen molar-refractivity contribution in [2.45, 2.75) is 38.0 Å². The number of rotatable bonds is 5. The molecule has 4 atom stereocenters. The maximum absolute atomic E-state index is 13.9. The minimum absolute atomic E-state index is 0.0600. The van der Waals surface area contributed by atoms with Crippen LogP contribution in [0.1, 0.15) is 52.1 Å². The predicted octanol–water partition coefficient (Wildman–Crippen LogP) is 6.39. The second-order valence-corrected chi connectivity index (χ2v) is 11.9. The van der Waals surface area contributed by atoms with Gasteiger partial charge in [-0.05, 0) is 61.6 Å². The van der Waals surface area contributed by atoms with E-state index in [0.717, 1.165) is 36.3 Å². The van der Waals surface area contributed by atoms with E-state index in [4.69, 9.17) is 9.47 Å². The van der Waals surface area contributed by atoms with Gasteiger partial charge in [0, 0.05) is 51.9 Å². The Morgan fingerprint density at radius 1 is 1.08 bits per heavy atom. The van der Waals surface area contributed by atoms with Gasteiger partial charge in [-0.3, -0.25) is 4.79 Å². The molecular weight excluding hydrogens is 466 g/mol. The van der Waals surface area contributed by atoms with E-state index >= 15 is 0 Å². The van der Waals surface area contributed by atoms with Gasteiger partial charge >= 0.3 is 5.97 Å². The Labute approximate surface area is 217 Å². The van der Waals surface area contributed by atoms with Crippen LogP contribution in [0, 0.1) is 18.3 Å². The molecule has 0 amide bonds. The molecule has 3 aliphatic carbocycles. The number of fused-ring (bicyclic) bond motifs is 1. The molecule has 3 aromatic rings. The summed E-state index contributed by atoms with van der Waals surface area (Å²) in [5.74, 6) is 1.11. The molecule has 2 heterocycles. The fourth-order valence-electron chi connectivity index (χ4n) is 7.68. The number of carbonyl (C=O) groups is 1. The Kier molecular flexibility index (Phi) is 5.52. The second kappa shape index (κ2) is 8.52. The lowest BCUT2D eigenvalue weighted by molar-refractivity contribution is -0.161. The highest BCUT2D eigenvalue weighted by atomic mass is 32.1. The molecule has 0 N–H and O–H groups in total. The van der Waals surface area contributed by atoms with E-state index in [1.165, 1.54) is 20.9 Å². The summed E-state index contributed by atoms with van der Waals surface area (Å²) in [6.07, 6.45) is 4.31. The second-order valence-electron chi connectivity index (χ2n) is 10.6. The molecular formula is C31H33NO3S. The van der Waals surface area contributed by atoms with Gasteiger partial charge in [0.2, 0.25) is 0 Å². The number of thiophene rings is 1. The summed E-state index contributed by atoms with van der Waals surface area (Å²) < 4.78 is 11.3. The number of ether oxygens (including phenoxy) is 2. The maximum Gasteiger partial charge on any atom is 0.314 e. The highest BCUT2D eigenvalue weighted by molar-refractivity contribution is 7.12. The molecule has 4 unspecified atom stereocenters. The van der Waals surface area contributed by atoms with Gasteiger partial charge < -0.3 is 14.4 Å². The summed E-state index contributed by atoms with van der Waals surface area (Å²) in [4.78, 5) is 18.9. The van der Waals surface area contributed by atoms with Crippen LogP contribution in [-0.4, -0.2) is 38.2 Å². The van der Waals surface area contributed by atoms with Crippen molar-refractivity contribution in [3.63, 3.8) is 0 Å². The zero-order chi connectivity index (χ0) is 25.1. The summed E-state index contributed by atoms with van der Waals surface area (Å²) >= 11 is 1.89. The number of nitrogens with zero attached hydrogens (tertiary/aromatic N) is 1. The largest absolute Gasteiger partial charge is 0.496 e. The van der Waals surface area contributed by atoms with Crippen molar-refractivity contribution >= 4 is 22.9 Å². The van der Waals surface area contributed by atoms with Crippen LogP contribution < -0.4 is 4.74 Å². The first-order valence-corrected chi connectivity index (χ1v) is 13.6. The quantitative estimate of drug-likeness (QED) is 0.381. The summed E-state index contributed by atoms with van der Waals surface area (Å²) in [5, 5.41) is 0. The average molecular weight is 500 g/mol. The first-order valence-electron chi connectivity index (χ1n) is 12.8. The molecule has 2 fully saturated rings. The molecule has 5 heteroatoms. The minimum atomic E-state index is -0.573. The Morgan fingerprint density at radius 2 is 1.86 bits per heavy atom. The van der Waals surface area contributed by atoms with Gasteiger partial charge in [-0.1, -0.05) is 42.5 Å². The van der Waals surface area contributed by atoms with Crippen molar-refractivity contribution < 1.29 is 14.3 Å². The van der Waals surface area contributed by atoms with Crippen molar-refractivity contribution in [2.75, 3.05) is 27.3 Å². The minimum Gasteiger partial charge on any atom is -0.496 e. The Morgan fingerprint density at radius 3 is 2.61 bits per heavy atom. The zero-order valence-corrected chi connectivity index (χ0v) is 22.2. The molecule has 1 aliphatic heterocycles. The Bertz CT molecular complexity index is 1360. The number of hydrogen-bond donors (Lipinski definition) is 0. The summed E-state index contributed by atoms with van der Waals surface area (Å²) in [5.41, 5.74) is 4.22. The lowest BCUT2D eigenvalue weighted by atomic mass is 9.43. The van der Waals surface area contributed by atoms with Crippen LogP contribution in [0.15, 0.2) is 66.9 Å². The van der Waals surface area contributed by atoms with E-state index < -0.39 is 5.41 Å². The van der Waals surface area contributed by atoms with Crippen molar-refractivity contribution in [3.05, 3.63) is 93.3 Å². The molecule has 186 valence electrons. The SMILES string of the molecule is COC(=O)C12CN(C=C(C)c3ccccc3OC)CC1C1(c3ccc(C)s3)CCC2c2ccccc21. The molecule has 1 saturated carbocycles. The van der Waals surface area contributed by atoms with Crippen LogP contribution >= 0.6 is 11.3 Å². The molecule has 1 saturated heterocycles. The monoisotopic (exact) mass is 499 g/mol. The van der Waals surface area contributed by atoms with Crippen LogP contribution in [0.25, 0.3) is 5.57 Å². The van der Waals surface area contributed by atoms with Crippen molar-refractivity contribution in [1.82, 2.24) is 4.90 Å². The van der Waals surface area contributed by atoms with Gasteiger partial charge in [0.15, 0.2) is 0 Å². The van der Waals surface area contributed by atoms with E-state index in [1.54, 1.807) is 14.2 Å². The normalized spacial score (nSPS) is 28.6. The first kappa shape index (κ1) is 23.4. The number of benzene rings is 2. The highest BCUT2D eigenvalue weighted by Crippen LogP contribution is 2.69. The third-order valence-corrected chi connectivity index (χ3v) is 10.2. The van der Waals surface area contributed by atoms with Gasteiger partial charge in [0.25, 0.3) is 0 Å². The van der Waals surface area contributed by atoms with Crippen LogP contribution in [-0.2, 0) is 14.9 Å². The van der Waals surface area contributed by atoms with Crippen LogP contribution in [0.2, 0.25) is 0 Å². The number of esters is 1. The Balaban J connectivity index is 1.52. The number of likely N-dealkylation sites (tertiary alicyclic amines) is 1. The summed E-state index contributed by atoms with van der Waals surface area (Å²) in [6, 6.07) is 21.5. The third-order valence-electron chi connectivity index (χ3n) is 9.02. The number of carbonyl (C=O) groups excluding carboxylic acids is 1. The molecule has 4 aliphatic rings. The van der Waals surface area contributed by atoms with Crippen molar-refractivity contribution in [3.8, 4) is 5.75 Å². The van der Waals surface area contributed by atoms with E-state index in [0.29, 0.717) is 6.54 Å². The van der Waals surface area contributed by atoms with E-state index in [9.17, 15) is 4.79 Å². The highest BCUT2D eigenvalue weighted by Gasteiger charge is 2.70. The topological polar surface area (TPSA) is 38.8 Å². The molecule has 2 bridgehead atoms. The molecule has 4 nitrogen and oxygen atoms in total. The number of hydrogen-bond acceptors (Lipinski definition) is 5. The molecule has 7 rings (SSSR count). The van der Waals surface area contributed by atoms with Gasteiger partial charge in [0.05, 0.1) is 19.6 Å². The first-order chi connectivity index (χ1) is 17.5. The number of allylic oxidation sites excluding steroid dienone is 1. The lowest BCUT2D eigenvalue weighted by Crippen LogP contribution is -2.60. The number of methoxy groups -OCH3 is 2. The third kappa shape index (κ3) is 3.08. The van der Waals surface area contributed by atoms with Crippen molar-refractivity contribution in [1.29, 1.82) is 0 Å². The smallest absolute Gasteiger partial charge is 0.314 e. The van der Waals surface area contributed by atoms with Gasteiger partial charge in [-0.15, -0.1) is 11.3 Å². The zero-order valence-electron chi connectivity index (χ0n) is 21.4. The fourth-order valence-corrected chi connectivity index (χ4v) is 8.83. The van der Waals surface area contributed by atoms with E-state index in [1.807, 2.05) is 29.5 Å². The summed E-state index contributed by atoms with van der Waals surface area (Å²) in [7, 11) is 3.27.